The van der Waals surface area contributed by atoms with E-state index < -0.39 is 5.97 Å². The zero-order valence-electron chi connectivity index (χ0n) is 9.21. The molecule has 0 aliphatic heterocycles. The van der Waals surface area contributed by atoms with E-state index >= 15 is 0 Å². The molecule has 0 aliphatic carbocycles. The molecule has 2 rings (SSSR count). The molecular formula is C12H11N3O2. The van der Waals surface area contributed by atoms with Crippen molar-refractivity contribution in [3.8, 4) is 11.1 Å². The molecule has 0 spiro atoms. The first-order chi connectivity index (χ1) is 8.20. The number of nitrogens with one attached hydrogen (secondary N) is 1. The lowest BCUT2D eigenvalue weighted by molar-refractivity contribution is 0.0683. The smallest absolute Gasteiger partial charge is 0.373 e. The first-order valence-corrected chi connectivity index (χ1v) is 5.04. The van der Waals surface area contributed by atoms with Gasteiger partial charge in [0.05, 0.1) is 0 Å². The van der Waals surface area contributed by atoms with Crippen LogP contribution in [-0.2, 0) is 0 Å². The number of carboxylic acids is 1. The molecule has 17 heavy (non-hydrogen) atoms. The first kappa shape index (κ1) is 11.1. The van der Waals surface area contributed by atoms with Gasteiger partial charge in [0.2, 0.25) is 5.82 Å². The highest BCUT2D eigenvalue weighted by molar-refractivity contribution is 5.83. The Labute approximate surface area is 98.2 Å². The molecule has 2 N–H and O–H groups in total. The Balaban J connectivity index is 2.36. The number of nitrogens with zero attached hydrogens (tertiary/aromatic N) is 2. The fraction of sp³-hybridized carbons (Fsp3) is 0.0833. The summed E-state index contributed by atoms with van der Waals surface area (Å²) >= 11 is 0. The van der Waals surface area contributed by atoms with Gasteiger partial charge >= 0.3 is 5.97 Å². The third kappa shape index (κ3) is 2.39. The van der Waals surface area contributed by atoms with Crippen molar-refractivity contribution in [1.82, 2.24) is 9.97 Å². The zero-order valence-corrected chi connectivity index (χ0v) is 9.21. The highest BCUT2D eigenvalue weighted by Gasteiger charge is 2.06. The van der Waals surface area contributed by atoms with Gasteiger partial charge in [0.15, 0.2) is 0 Å². The van der Waals surface area contributed by atoms with E-state index in [9.17, 15) is 4.79 Å². The van der Waals surface area contributed by atoms with Crippen LogP contribution in [0.25, 0.3) is 11.1 Å². The van der Waals surface area contributed by atoms with Crippen LogP contribution in [0.2, 0.25) is 0 Å². The summed E-state index contributed by atoms with van der Waals surface area (Å²) in [6.07, 6.45) is 3.01. The summed E-state index contributed by atoms with van der Waals surface area (Å²) < 4.78 is 0. The summed E-state index contributed by atoms with van der Waals surface area (Å²) in [5, 5.41) is 11.7. The lowest BCUT2D eigenvalue weighted by Gasteiger charge is -2.04. The summed E-state index contributed by atoms with van der Waals surface area (Å²) in [6.45, 7) is 0. The van der Waals surface area contributed by atoms with Gasteiger partial charge in [0, 0.05) is 30.7 Å². The lowest BCUT2D eigenvalue weighted by atomic mass is 10.1. The largest absolute Gasteiger partial charge is 0.475 e. The summed E-state index contributed by atoms with van der Waals surface area (Å²) in [6, 6.07) is 7.71. The quantitative estimate of drug-likeness (QED) is 0.840. The number of aromatic nitrogens is 2. The molecule has 0 bridgehead atoms. The maximum absolute atomic E-state index is 10.6. The second kappa shape index (κ2) is 4.61. The van der Waals surface area contributed by atoms with E-state index in [4.69, 9.17) is 5.11 Å². The molecule has 1 heterocycles. The van der Waals surface area contributed by atoms with E-state index in [1.807, 2.05) is 31.3 Å². The van der Waals surface area contributed by atoms with Crippen LogP contribution in [0.5, 0.6) is 0 Å². The van der Waals surface area contributed by atoms with Crippen LogP contribution in [-0.4, -0.2) is 28.1 Å². The van der Waals surface area contributed by atoms with Crippen molar-refractivity contribution >= 4 is 11.7 Å². The molecule has 0 aliphatic rings. The Hall–Kier alpha value is -2.43. The molecule has 5 nitrogen and oxygen atoms in total. The average Bonchev–Trinajstić information content (AvgIpc) is 2.39. The number of anilines is 1. The Morgan fingerprint density at radius 3 is 2.53 bits per heavy atom. The van der Waals surface area contributed by atoms with Gasteiger partial charge in [0.25, 0.3) is 0 Å². The van der Waals surface area contributed by atoms with E-state index in [1.54, 1.807) is 0 Å². The zero-order chi connectivity index (χ0) is 12.3. The van der Waals surface area contributed by atoms with E-state index in [0.29, 0.717) is 0 Å². The Morgan fingerprint density at radius 1 is 1.24 bits per heavy atom. The maximum Gasteiger partial charge on any atom is 0.373 e. The number of carboxylic acid groups (broad SMARTS) is 1. The average molecular weight is 229 g/mol. The van der Waals surface area contributed by atoms with Gasteiger partial charge in [-0.15, -0.1) is 0 Å². The van der Waals surface area contributed by atoms with E-state index in [2.05, 4.69) is 15.3 Å². The third-order valence-electron chi connectivity index (χ3n) is 2.33. The Bertz CT molecular complexity index is 538. The number of aromatic carboxylic acids is 1. The van der Waals surface area contributed by atoms with Crippen LogP contribution in [0, 0.1) is 0 Å². The van der Waals surface area contributed by atoms with E-state index in [1.165, 1.54) is 12.4 Å². The fourth-order valence-corrected chi connectivity index (χ4v) is 1.44. The minimum Gasteiger partial charge on any atom is -0.475 e. The van der Waals surface area contributed by atoms with Gasteiger partial charge in [-0.2, -0.15) is 0 Å². The van der Waals surface area contributed by atoms with Crippen molar-refractivity contribution in [1.29, 1.82) is 0 Å². The monoisotopic (exact) mass is 229 g/mol. The predicted octanol–water partition coefficient (Wildman–Crippen LogP) is 1.88. The molecule has 0 unspecified atom stereocenters. The summed E-state index contributed by atoms with van der Waals surface area (Å²) in [5.41, 5.74) is 2.70. The van der Waals surface area contributed by atoms with Crippen molar-refractivity contribution in [2.75, 3.05) is 12.4 Å². The second-order valence-electron chi connectivity index (χ2n) is 3.43. The van der Waals surface area contributed by atoms with Crippen molar-refractivity contribution in [3.05, 3.63) is 42.5 Å². The Kier molecular flexibility index (Phi) is 3.00. The van der Waals surface area contributed by atoms with E-state index in [-0.39, 0.29) is 5.82 Å². The molecule has 0 atom stereocenters. The molecule has 1 aromatic heterocycles. The van der Waals surface area contributed by atoms with E-state index in [0.717, 1.165) is 16.8 Å². The van der Waals surface area contributed by atoms with Gasteiger partial charge in [-0.25, -0.2) is 14.8 Å². The minimum atomic E-state index is -1.12. The summed E-state index contributed by atoms with van der Waals surface area (Å²) in [5.74, 6) is -1.32. The SMILES string of the molecule is CNc1cccc(-c2cnc(C(=O)O)nc2)c1. The van der Waals surface area contributed by atoms with Crippen LogP contribution in [0.3, 0.4) is 0 Å². The molecule has 2 aromatic rings. The van der Waals surface area contributed by atoms with Crippen molar-refractivity contribution in [2.45, 2.75) is 0 Å². The number of benzene rings is 1. The molecule has 0 saturated heterocycles. The fourth-order valence-electron chi connectivity index (χ4n) is 1.44. The second-order valence-corrected chi connectivity index (χ2v) is 3.43. The van der Waals surface area contributed by atoms with Crippen molar-refractivity contribution in [2.24, 2.45) is 0 Å². The van der Waals surface area contributed by atoms with Crippen molar-refractivity contribution in [3.63, 3.8) is 0 Å². The molecule has 0 fully saturated rings. The van der Waals surface area contributed by atoms with Crippen LogP contribution in [0.1, 0.15) is 10.6 Å². The van der Waals surface area contributed by atoms with Gasteiger partial charge < -0.3 is 10.4 Å². The number of hydrogen-bond donors (Lipinski definition) is 2. The lowest BCUT2D eigenvalue weighted by Crippen LogP contribution is -2.03. The minimum absolute atomic E-state index is 0.196. The number of carbonyl (C=O) groups is 1. The molecular weight excluding hydrogens is 218 g/mol. The van der Waals surface area contributed by atoms with Crippen LogP contribution >= 0.6 is 0 Å². The van der Waals surface area contributed by atoms with Crippen molar-refractivity contribution < 1.29 is 9.90 Å². The van der Waals surface area contributed by atoms with Crippen LogP contribution in [0.4, 0.5) is 5.69 Å². The van der Waals surface area contributed by atoms with Gasteiger partial charge in [-0.05, 0) is 17.7 Å². The molecule has 0 radical (unpaired) electrons. The Morgan fingerprint density at radius 2 is 1.94 bits per heavy atom. The predicted molar refractivity (Wildman–Crippen MR) is 64.0 cm³/mol. The first-order valence-electron chi connectivity index (χ1n) is 5.04. The number of rotatable bonds is 3. The standard InChI is InChI=1S/C12H11N3O2/c1-13-10-4-2-3-8(5-10)9-6-14-11(12(16)17)15-7-9/h2-7,13H,1H3,(H,16,17). The molecule has 86 valence electrons. The highest BCUT2D eigenvalue weighted by atomic mass is 16.4. The third-order valence-corrected chi connectivity index (χ3v) is 2.33. The van der Waals surface area contributed by atoms with Gasteiger partial charge in [0.1, 0.15) is 0 Å². The van der Waals surface area contributed by atoms with Gasteiger partial charge in [-0.1, -0.05) is 12.1 Å². The number of hydrogen-bond acceptors (Lipinski definition) is 4. The summed E-state index contributed by atoms with van der Waals surface area (Å²) in [4.78, 5) is 18.2. The molecule has 5 heteroatoms. The normalized spacial score (nSPS) is 9.94. The summed E-state index contributed by atoms with van der Waals surface area (Å²) in [7, 11) is 1.84. The molecule has 0 amide bonds. The van der Waals surface area contributed by atoms with Crippen LogP contribution < -0.4 is 5.32 Å². The topological polar surface area (TPSA) is 75.1 Å². The highest BCUT2D eigenvalue weighted by Crippen LogP contribution is 2.20. The maximum atomic E-state index is 10.6. The van der Waals surface area contributed by atoms with Gasteiger partial charge in [-0.3, -0.25) is 0 Å². The van der Waals surface area contributed by atoms with Crippen LogP contribution in [0.15, 0.2) is 36.7 Å². The molecule has 0 saturated carbocycles. The molecule has 1 aromatic carbocycles.